The highest BCUT2D eigenvalue weighted by Crippen LogP contribution is 2.38. The molecule has 0 saturated heterocycles. The first-order valence-electron chi connectivity index (χ1n) is 15.5. The van der Waals surface area contributed by atoms with Crippen LogP contribution in [0.3, 0.4) is 0 Å². The largest absolute Gasteiger partial charge is 0.309 e. The third kappa shape index (κ3) is 4.95. The molecule has 212 valence electrons. The summed E-state index contributed by atoms with van der Waals surface area (Å²) in [5.41, 5.74) is 8.64. The van der Waals surface area contributed by atoms with E-state index >= 15 is 0 Å². The van der Waals surface area contributed by atoms with Gasteiger partial charge >= 0.3 is 0 Å². The number of benzene rings is 8. The van der Waals surface area contributed by atoms with Crippen LogP contribution in [0, 0.1) is 0 Å². The van der Waals surface area contributed by atoms with Gasteiger partial charge in [0.05, 0.1) is 11.0 Å². The highest BCUT2D eigenvalue weighted by Gasteiger charge is 2.14. The van der Waals surface area contributed by atoms with Gasteiger partial charge in [0.1, 0.15) is 0 Å². The Morgan fingerprint density at radius 3 is 1.40 bits per heavy atom. The second-order valence-electron chi connectivity index (χ2n) is 11.3. The SMILES string of the molecule is c1ccc(-n2c3ccccc3c3cc(-c4ccc(-c5c6ccccc6cc6ccccc56)cc4)ccc32)cc1.c1ccccc1. The van der Waals surface area contributed by atoms with Crippen LogP contribution in [-0.4, -0.2) is 4.57 Å². The molecule has 1 nitrogen and oxygen atoms in total. The van der Waals surface area contributed by atoms with Gasteiger partial charge in [-0.15, -0.1) is 0 Å². The van der Waals surface area contributed by atoms with Gasteiger partial charge in [-0.05, 0) is 80.2 Å². The summed E-state index contributed by atoms with van der Waals surface area (Å²) in [6, 6.07) is 67.0. The molecule has 0 fully saturated rings. The molecule has 0 amide bonds. The maximum absolute atomic E-state index is 2.36. The van der Waals surface area contributed by atoms with Gasteiger partial charge in [-0.3, -0.25) is 0 Å². The van der Waals surface area contributed by atoms with E-state index in [1.54, 1.807) is 0 Å². The summed E-state index contributed by atoms with van der Waals surface area (Å²) in [7, 11) is 0. The zero-order chi connectivity index (χ0) is 30.0. The number of aromatic nitrogens is 1. The normalized spacial score (nSPS) is 11.1. The van der Waals surface area contributed by atoms with Crippen LogP contribution in [0.15, 0.2) is 188 Å². The number of hydrogen-bond donors (Lipinski definition) is 0. The molecule has 9 aromatic rings. The van der Waals surface area contributed by atoms with Crippen LogP contribution in [0.5, 0.6) is 0 Å². The Morgan fingerprint density at radius 2 is 0.756 bits per heavy atom. The highest BCUT2D eigenvalue weighted by molar-refractivity contribution is 6.13. The summed E-state index contributed by atoms with van der Waals surface area (Å²) in [6.07, 6.45) is 0. The fourth-order valence-corrected chi connectivity index (χ4v) is 6.55. The standard InChI is InChI=1S/C38H25N.C6H6/c1-2-12-31(13-3-1)39-36-17-9-8-16-34(36)35-25-28(22-23-37(35)39)26-18-20-27(21-19-26)38-32-14-6-4-10-29(32)24-30-11-5-7-15-33(30)38;1-2-4-6-5-3-1/h1-25H;1-6H. The predicted molar refractivity (Wildman–Crippen MR) is 193 cm³/mol. The van der Waals surface area contributed by atoms with Crippen molar-refractivity contribution in [3.8, 4) is 27.9 Å². The van der Waals surface area contributed by atoms with Crippen molar-refractivity contribution >= 4 is 43.4 Å². The Kier molecular flexibility index (Phi) is 6.90. The molecule has 0 spiro atoms. The second-order valence-corrected chi connectivity index (χ2v) is 11.3. The molecule has 9 rings (SSSR count). The number of para-hydroxylation sites is 2. The van der Waals surface area contributed by atoms with Crippen LogP contribution in [0.25, 0.3) is 71.3 Å². The quantitative estimate of drug-likeness (QED) is 0.185. The third-order valence-electron chi connectivity index (χ3n) is 8.63. The summed E-state index contributed by atoms with van der Waals surface area (Å²) < 4.78 is 2.36. The van der Waals surface area contributed by atoms with Crippen LogP contribution in [-0.2, 0) is 0 Å². The van der Waals surface area contributed by atoms with Crippen molar-refractivity contribution in [2.75, 3.05) is 0 Å². The number of fused-ring (bicyclic) bond motifs is 5. The van der Waals surface area contributed by atoms with Crippen LogP contribution in [0.4, 0.5) is 0 Å². The van der Waals surface area contributed by atoms with Crippen LogP contribution in [0.2, 0.25) is 0 Å². The fourth-order valence-electron chi connectivity index (χ4n) is 6.55. The van der Waals surface area contributed by atoms with Crippen molar-refractivity contribution in [3.63, 3.8) is 0 Å². The topological polar surface area (TPSA) is 4.93 Å². The molecule has 0 saturated carbocycles. The summed E-state index contributed by atoms with van der Waals surface area (Å²) in [4.78, 5) is 0. The van der Waals surface area contributed by atoms with Gasteiger partial charge in [-0.25, -0.2) is 0 Å². The van der Waals surface area contributed by atoms with Gasteiger partial charge in [0.2, 0.25) is 0 Å². The number of rotatable bonds is 3. The van der Waals surface area contributed by atoms with Crippen molar-refractivity contribution in [2.24, 2.45) is 0 Å². The molecular weight excluding hydrogens is 542 g/mol. The Hall–Kier alpha value is -5.92. The molecule has 0 bridgehead atoms. The van der Waals surface area contributed by atoms with E-state index in [4.69, 9.17) is 0 Å². The van der Waals surface area contributed by atoms with Gasteiger partial charge < -0.3 is 4.57 Å². The minimum Gasteiger partial charge on any atom is -0.309 e. The smallest absolute Gasteiger partial charge is 0.0541 e. The average Bonchev–Trinajstić information content (AvgIpc) is 3.46. The van der Waals surface area contributed by atoms with Crippen LogP contribution >= 0.6 is 0 Å². The molecule has 1 heteroatoms. The first-order valence-corrected chi connectivity index (χ1v) is 15.5. The van der Waals surface area contributed by atoms with E-state index in [1.165, 1.54) is 71.3 Å². The van der Waals surface area contributed by atoms with Crippen molar-refractivity contribution < 1.29 is 0 Å². The molecule has 0 aliphatic carbocycles. The summed E-state index contributed by atoms with van der Waals surface area (Å²) in [5.74, 6) is 0. The molecule has 0 aliphatic heterocycles. The second kappa shape index (κ2) is 11.6. The number of hydrogen-bond acceptors (Lipinski definition) is 0. The van der Waals surface area contributed by atoms with Crippen LogP contribution in [0.1, 0.15) is 0 Å². The molecule has 0 radical (unpaired) electrons. The maximum atomic E-state index is 2.36. The molecular formula is C44H31N. The molecule has 1 aromatic heterocycles. The Morgan fingerprint density at radius 1 is 0.289 bits per heavy atom. The van der Waals surface area contributed by atoms with E-state index in [2.05, 4.69) is 156 Å². The van der Waals surface area contributed by atoms with Crippen LogP contribution < -0.4 is 0 Å². The zero-order valence-electron chi connectivity index (χ0n) is 24.8. The Balaban J connectivity index is 0.000000452. The maximum Gasteiger partial charge on any atom is 0.0541 e. The average molecular weight is 574 g/mol. The Labute approximate surface area is 263 Å². The molecule has 0 N–H and O–H groups in total. The van der Waals surface area contributed by atoms with Gasteiger partial charge in [-0.1, -0.05) is 152 Å². The molecule has 8 aromatic carbocycles. The monoisotopic (exact) mass is 573 g/mol. The Bertz CT molecular complexity index is 2320. The van der Waals surface area contributed by atoms with E-state index in [0.717, 1.165) is 0 Å². The van der Waals surface area contributed by atoms with Gasteiger partial charge in [-0.2, -0.15) is 0 Å². The first-order chi connectivity index (χ1) is 22.3. The van der Waals surface area contributed by atoms with Gasteiger partial charge in [0.25, 0.3) is 0 Å². The van der Waals surface area contributed by atoms with Gasteiger partial charge in [0.15, 0.2) is 0 Å². The highest BCUT2D eigenvalue weighted by atomic mass is 15.0. The summed E-state index contributed by atoms with van der Waals surface area (Å²) >= 11 is 0. The summed E-state index contributed by atoms with van der Waals surface area (Å²) in [6.45, 7) is 0. The lowest BCUT2D eigenvalue weighted by molar-refractivity contribution is 1.18. The molecule has 1 heterocycles. The van der Waals surface area contributed by atoms with E-state index in [-0.39, 0.29) is 0 Å². The lowest BCUT2D eigenvalue weighted by Gasteiger charge is -2.13. The summed E-state index contributed by atoms with van der Waals surface area (Å²) in [5, 5.41) is 7.68. The first kappa shape index (κ1) is 26.7. The predicted octanol–water partition coefficient (Wildman–Crippen LogP) is 12.1. The van der Waals surface area contributed by atoms with E-state index < -0.39 is 0 Å². The zero-order valence-corrected chi connectivity index (χ0v) is 24.8. The van der Waals surface area contributed by atoms with Crippen molar-refractivity contribution in [1.82, 2.24) is 4.57 Å². The molecule has 0 atom stereocenters. The molecule has 0 aliphatic rings. The molecule has 45 heavy (non-hydrogen) atoms. The van der Waals surface area contributed by atoms with Crippen molar-refractivity contribution in [3.05, 3.63) is 188 Å². The minimum absolute atomic E-state index is 1.18. The van der Waals surface area contributed by atoms with E-state index in [1.807, 2.05) is 36.4 Å². The van der Waals surface area contributed by atoms with E-state index in [0.29, 0.717) is 0 Å². The fraction of sp³-hybridized carbons (Fsp3) is 0. The van der Waals surface area contributed by atoms with Gasteiger partial charge in [0, 0.05) is 16.5 Å². The third-order valence-corrected chi connectivity index (χ3v) is 8.63. The number of nitrogens with zero attached hydrogens (tertiary/aromatic N) is 1. The van der Waals surface area contributed by atoms with Crippen molar-refractivity contribution in [1.29, 1.82) is 0 Å². The minimum atomic E-state index is 1.18. The lowest BCUT2D eigenvalue weighted by atomic mass is 9.91. The van der Waals surface area contributed by atoms with E-state index in [9.17, 15) is 0 Å². The van der Waals surface area contributed by atoms with Crippen molar-refractivity contribution in [2.45, 2.75) is 0 Å². The molecule has 0 unspecified atom stereocenters. The lowest BCUT2D eigenvalue weighted by Crippen LogP contribution is -1.92.